The summed E-state index contributed by atoms with van der Waals surface area (Å²) in [5, 5.41) is 2.68. The first-order valence-electron chi connectivity index (χ1n) is 7.91. The highest BCUT2D eigenvalue weighted by Gasteiger charge is 2.60. The van der Waals surface area contributed by atoms with Crippen molar-refractivity contribution in [2.75, 3.05) is 0 Å². The summed E-state index contributed by atoms with van der Waals surface area (Å²) >= 11 is 0. The molecule has 4 rings (SSSR count). The quantitative estimate of drug-likeness (QED) is 0.858. The number of hydrogen-bond donors (Lipinski definition) is 1. The van der Waals surface area contributed by atoms with E-state index in [4.69, 9.17) is 0 Å². The summed E-state index contributed by atoms with van der Waals surface area (Å²) in [6, 6.07) is 17.0. The molecule has 25 heavy (non-hydrogen) atoms. The molecule has 2 aromatic carbocycles. The maximum absolute atomic E-state index is 13.1. The van der Waals surface area contributed by atoms with Crippen molar-refractivity contribution in [2.45, 2.75) is 18.5 Å². The highest BCUT2D eigenvalue weighted by Crippen LogP contribution is 2.42. The van der Waals surface area contributed by atoms with Crippen LogP contribution < -0.4 is 5.32 Å². The van der Waals surface area contributed by atoms with Gasteiger partial charge in [-0.3, -0.25) is 24.6 Å². The van der Waals surface area contributed by atoms with Gasteiger partial charge in [-0.25, -0.2) is 4.99 Å². The molecule has 0 spiro atoms. The van der Waals surface area contributed by atoms with E-state index in [1.54, 1.807) is 24.3 Å². The van der Waals surface area contributed by atoms with Crippen LogP contribution in [0.2, 0.25) is 0 Å². The van der Waals surface area contributed by atoms with Crippen LogP contribution in [0.3, 0.4) is 0 Å². The fourth-order valence-electron chi connectivity index (χ4n) is 3.48. The average Bonchev–Trinajstić information content (AvgIpc) is 3.10. The fraction of sp³-hybridized carbons (Fsp3) is 0.158. The van der Waals surface area contributed by atoms with Crippen molar-refractivity contribution in [3.05, 3.63) is 71.8 Å². The molecular weight excluding hydrogens is 318 g/mol. The number of Topliss-reactive ketones (excluding diaryl/α,β-unsaturated/α-hetero) is 1. The first-order valence-corrected chi connectivity index (χ1v) is 7.91. The normalized spacial score (nSPS) is 20.9. The molecule has 2 heterocycles. The van der Waals surface area contributed by atoms with Gasteiger partial charge in [0.1, 0.15) is 0 Å². The third kappa shape index (κ3) is 1.97. The third-order valence-electron chi connectivity index (χ3n) is 4.58. The van der Waals surface area contributed by atoms with E-state index < -0.39 is 17.5 Å². The number of rotatable bonds is 3. The van der Waals surface area contributed by atoms with E-state index in [-0.39, 0.29) is 17.6 Å². The van der Waals surface area contributed by atoms with Gasteiger partial charge in [-0.15, -0.1) is 0 Å². The number of nitrogens with one attached hydrogen (secondary N) is 1. The van der Waals surface area contributed by atoms with Crippen molar-refractivity contribution < 1.29 is 14.4 Å². The highest BCUT2D eigenvalue weighted by molar-refractivity contribution is 6.25. The molecule has 6 heteroatoms. The second-order valence-corrected chi connectivity index (χ2v) is 6.04. The molecule has 124 valence electrons. The zero-order chi connectivity index (χ0) is 17.6. The number of amides is 2. The van der Waals surface area contributed by atoms with Gasteiger partial charge in [-0.2, -0.15) is 0 Å². The van der Waals surface area contributed by atoms with Crippen molar-refractivity contribution in [2.24, 2.45) is 4.99 Å². The van der Waals surface area contributed by atoms with Crippen molar-refractivity contribution >= 4 is 23.6 Å². The summed E-state index contributed by atoms with van der Waals surface area (Å²) in [7, 11) is 0. The van der Waals surface area contributed by atoms with Crippen LogP contribution >= 0.6 is 0 Å². The van der Waals surface area contributed by atoms with Crippen molar-refractivity contribution in [3.8, 4) is 0 Å². The largest absolute Gasteiger partial charge is 0.297 e. The van der Waals surface area contributed by atoms with Crippen LogP contribution in [0.5, 0.6) is 0 Å². The van der Waals surface area contributed by atoms with Crippen LogP contribution in [-0.4, -0.2) is 34.5 Å². The Hall–Kier alpha value is -3.28. The molecule has 0 saturated carbocycles. The Bertz CT molecular complexity index is 867. The Kier molecular flexibility index (Phi) is 3.28. The Labute approximate surface area is 144 Å². The molecule has 0 bridgehead atoms. The van der Waals surface area contributed by atoms with Crippen LogP contribution in [0.25, 0.3) is 0 Å². The van der Waals surface area contributed by atoms with Crippen molar-refractivity contribution in [1.29, 1.82) is 0 Å². The minimum absolute atomic E-state index is 0.128. The molecule has 1 N–H and O–H groups in total. The summed E-state index contributed by atoms with van der Waals surface area (Å²) in [5.41, 5.74) is -0.0919. The van der Waals surface area contributed by atoms with E-state index in [0.29, 0.717) is 11.1 Å². The van der Waals surface area contributed by atoms with Crippen molar-refractivity contribution in [1.82, 2.24) is 10.2 Å². The predicted molar refractivity (Wildman–Crippen MR) is 90.6 cm³/mol. The number of fused-ring (bicyclic) bond motifs is 1. The summed E-state index contributed by atoms with van der Waals surface area (Å²) in [5.74, 6) is -1.08. The first kappa shape index (κ1) is 15.3. The number of ketones is 1. The monoisotopic (exact) mass is 333 g/mol. The Morgan fingerprint density at radius 1 is 1.00 bits per heavy atom. The summed E-state index contributed by atoms with van der Waals surface area (Å²) < 4.78 is 0. The maximum Gasteiger partial charge on any atom is 0.263 e. The SMILES string of the molecule is CC(=O)C1N=C2NC(=O)C(c3ccccc3)(c3ccccc3)N2C1=O. The topological polar surface area (TPSA) is 78.8 Å². The second kappa shape index (κ2) is 5.37. The molecule has 2 aliphatic heterocycles. The van der Waals surface area contributed by atoms with Gasteiger partial charge in [0.05, 0.1) is 0 Å². The molecule has 1 unspecified atom stereocenters. The van der Waals surface area contributed by atoms with E-state index in [0.717, 1.165) is 0 Å². The molecular formula is C19H15N3O3. The van der Waals surface area contributed by atoms with Gasteiger partial charge in [0.15, 0.2) is 17.4 Å². The third-order valence-corrected chi connectivity index (χ3v) is 4.58. The Balaban J connectivity index is 1.99. The van der Waals surface area contributed by atoms with E-state index in [2.05, 4.69) is 10.3 Å². The molecule has 6 nitrogen and oxygen atoms in total. The first-order chi connectivity index (χ1) is 12.1. The molecule has 2 amide bonds. The molecule has 0 aliphatic carbocycles. The van der Waals surface area contributed by atoms with Gasteiger partial charge >= 0.3 is 0 Å². The maximum atomic E-state index is 13.1. The van der Waals surface area contributed by atoms with Gasteiger partial charge in [-0.1, -0.05) is 60.7 Å². The number of carbonyl (C=O) groups excluding carboxylic acids is 3. The molecule has 0 radical (unpaired) electrons. The lowest BCUT2D eigenvalue weighted by atomic mass is 9.81. The zero-order valence-corrected chi connectivity index (χ0v) is 13.5. The smallest absolute Gasteiger partial charge is 0.263 e. The number of hydrogen-bond acceptors (Lipinski definition) is 4. The molecule has 1 saturated heterocycles. The average molecular weight is 333 g/mol. The van der Waals surface area contributed by atoms with Gasteiger partial charge in [-0.05, 0) is 18.1 Å². The molecule has 1 fully saturated rings. The minimum Gasteiger partial charge on any atom is -0.297 e. The number of nitrogens with zero attached hydrogens (tertiary/aromatic N) is 2. The van der Waals surface area contributed by atoms with Gasteiger partial charge in [0.25, 0.3) is 11.8 Å². The van der Waals surface area contributed by atoms with Gasteiger partial charge in [0.2, 0.25) is 5.96 Å². The predicted octanol–water partition coefficient (Wildman–Crippen LogP) is 1.22. The molecule has 1 atom stereocenters. The van der Waals surface area contributed by atoms with E-state index >= 15 is 0 Å². The van der Waals surface area contributed by atoms with Crippen LogP contribution in [0, 0.1) is 0 Å². The lowest BCUT2D eigenvalue weighted by molar-refractivity contribution is -0.139. The number of benzene rings is 2. The number of carbonyl (C=O) groups is 3. The number of aliphatic imine (C=N–C) groups is 1. The lowest BCUT2D eigenvalue weighted by Crippen LogP contribution is -2.51. The van der Waals surface area contributed by atoms with E-state index in [1.807, 2.05) is 36.4 Å². The zero-order valence-electron chi connectivity index (χ0n) is 13.5. The standard InChI is InChI=1S/C19H15N3O3/c1-12(23)15-16(24)22-18(20-15)21-17(25)19(22,13-8-4-2-5-9-13)14-10-6-3-7-11-14/h2-11,15H,1H3,(H,20,21,25). The van der Waals surface area contributed by atoms with Crippen LogP contribution in [-0.2, 0) is 19.9 Å². The Morgan fingerprint density at radius 3 is 2.00 bits per heavy atom. The van der Waals surface area contributed by atoms with Crippen LogP contribution in [0.1, 0.15) is 18.1 Å². The fourth-order valence-corrected chi connectivity index (χ4v) is 3.48. The lowest BCUT2D eigenvalue weighted by Gasteiger charge is -2.34. The Morgan fingerprint density at radius 2 is 1.52 bits per heavy atom. The molecule has 0 aromatic heterocycles. The molecule has 2 aliphatic rings. The summed E-state index contributed by atoms with van der Waals surface area (Å²) in [4.78, 5) is 43.2. The van der Waals surface area contributed by atoms with Gasteiger partial charge < -0.3 is 0 Å². The molecule has 2 aromatic rings. The van der Waals surface area contributed by atoms with E-state index in [1.165, 1.54) is 11.8 Å². The highest BCUT2D eigenvalue weighted by atomic mass is 16.2. The summed E-state index contributed by atoms with van der Waals surface area (Å²) in [6.45, 7) is 1.32. The summed E-state index contributed by atoms with van der Waals surface area (Å²) in [6.07, 6.45) is 0. The van der Waals surface area contributed by atoms with Gasteiger partial charge in [0, 0.05) is 0 Å². The second-order valence-electron chi connectivity index (χ2n) is 6.04. The minimum atomic E-state index is -1.37. The van der Waals surface area contributed by atoms with Crippen molar-refractivity contribution in [3.63, 3.8) is 0 Å². The van der Waals surface area contributed by atoms with E-state index in [9.17, 15) is 14.4 Å². The number of guanidine groups is 1. The van der Waals surface area contributed by atoms with Crippen LogP contribution in [0.15, 0.2) is 65.7 Å². The van der Waals surface area contributed by atoms with Crippen LogP contribution in [0.4, 0.5) is 0 Å².